The number of allylic oxidation sites excluding steroid dienone is 1. The van der Waals surface area contributed by atoms with Gasteiger partial charge in [-0.3, -0.25) is 4.79 Å². The molecule has 0 aromatic rings. The van der Waals surface area contributed by atoms with Crippen LogP contribution in [0.2, 0.25) is 0 Å². The van der Waals surface area contributed by atoms with Gasteiger partial charge in [0, 0.05) is 6.08 Å². The number of carboxylic acids is 1. The Hall–Kier alpha value is -1.32. The second kappa shape index (κ2) is 4.17. The molecule has 2 aliphatic carbocycles. The highest BCUT2D eigenvalue weighted by molar-refractivity contribution is 5.83. The third-order valence-corrected chi connectivity index (χ3v) is 3.95. The number of esters is 1. The van der Waals surface area contributed by atoms with Crippen molar-refractivity contribution < 1.29 is 19.4 Å². The lowest BCUT2D eigenvalue weighted by Crippen LogP contribution is -2.24. The number of carboxylic acid groups (broad SMARTS) is 1. The molecule has 0 amide bonds. The summed E-state index contributed by atoms with van der Waals surface area (Å²) in [5, 5.41) is 8.97. The summed E-state index contributed by atoms with van der Waals surface area (Å²) < 4.78 is 5.16. The average molecular weight is 238 g/mol. The molecule has 0 aromatic heterocycles. The highest BCUT2D eigenvalue weighted by Crippen LogP contribution is 2.59. The summed E-state index contributed by atoms with van der Waals surface area (Å²) in [6, 6.07) is 0. The van der Waals surface area contributed by atoms with E-state index in [9.17, 15) is 9.59 Å². The molecule has 2 rings (SSSR count). The molecule has 94 valence electrons. The van der Waals surface area contributed by atoms with Crippen LogP contribution in [0, 0.1) is 17.3 Å². The van der Waals surface area contributed by atoms with Crippen LogP contribution < -0.4 is 0 Å². The summed E-state index contributed by atoms with van der Waals surface area (Å²) in [6.45, 7) is 3.80. The molecule has 0 aromatic carbocycles. The van der Waals surface area contributed by atoms with Crippen LogP contribution in [-0.4, -0.2) is 23.1 Å². The van der Waals surface area contributed by atoms with Gasteiger partial charge in [0.05, 0.1) is 5.92 Å². The summed E-state index contributed by atoms with van der Waals surface area (Å²) in [5.74, 6) is -1.58. The third kappa shape index (κ3) is 2.35. The van der Waals surface area contributed by atoms with Gasteiger partial charge >= 0.3 is 11.9 Å². The van der Waals surface area contributed by atoms with Crippen LogP contribution in [0.5, 0.6) is 0 Å². The van der Waals surface area contributed by atoms with Crippen LogP contribution in [0.15, 0.2) is 12.2 Å². The molecule has 0 radical (unpaired) electrons. The molecule has 0 aliphatic heterocycles. The van der Waals surface area contributed by atoms with Crippen molar-refractivity contribution in [2.75, 3.05) is 0 Å². The third-order valence-electron chi connectivity index (χ3n) is 3.95. The molecule has 0 heterocycles. The van der Waals surface area contributed by atoms with Crippen molar-refractivity contribution in [2.45, 2.75) is 39.2 Å². The first-order valence-corrected chi connectivity index (χ1v) is 6.04. The predicted molar refractivity (Wildman–Crippen MR) is 61.3 cm³/mol. The van der Waals surface area contributed by atoms with E-state index in [1.54, 1.807) is 6.08 Å². The molecule has 4 nitrogen and oxygen atoms in total. The number of aliphatic carboxylic acids is 1. The zero-order chi connectivity index (χ0) is 12.6. The predicted octanol–water partition coefficient (Wildman–Crippen LogP) is 2.00. The lowest BCUT2D eigenvalue weighted by molar-refractivity contribution is -0.146. The van der Waals surface area contributed by atoms with Gasteiger partial charge in [-0.1, -0.05) is 19.9 Å². The minimum absolute atomic E-state index is 0.0612. The van der Waals surface area contributed by atoms with Gasteiger partial charge in [0.1, 0.15) is 6.10 Å². The largest absolute Gasteiger partial charge is 0.481 e. The molecule has 2 unspecified atom stereocenters. The number of hydrogen-bond acceptors (Lipinski definition) is 3. The van der Waals surface area contributed by atoms with Crippen molar-refractivity contribution in [2.24, 2.45) is 17.3 Å². The van der Waals surface area contributed by atoms with Crippen LogP contribution >= 0.6 is 0 Å². The van der Waals surface area contributed by atoms with E-state index in [0.29, 0.717) is 0 Å². The summed E-state index contributed by atoms with van der Waals surface area (Å²) in [5.41, 5.74) is -0.251. The van der Waals surface area contributed by atoms with Gasteiger partial charge in [0.2, 0.25) is 0 Å². The molecule has 1 N–H and O–H groups in total. The van der Waals surface area contributed by atoms with Crippen molar-refractivity contribution in [3.8, 4) is 0 Å². The Labute approximate surface area is 101 Å². The summed E-state index contributed by atoms with van der Waals surface area (Å²) in [4.78, 5) is 22.3. The number of carbonyl (C=O) groups is 2. The Morgan fingerprint density at radius 1 is 1.35 bits per heavy atom. The van der Waals surface area contributed by atoms with Gasteiger partial charge < -0.3 is 9.84 Å². The molecule has 4 heteroatoms. The molecule has 0 saturated heterocycles. The van der Waals surface area contributed by atoms with Crippen molar-refractivity contribution in [1.29, 1.82) is 0 Å². The van der Waals surface area contributed by atoms with E-state index in [2.05, 4.69) is 0 Å². The fourth-order valence-electron chi connectivity index (χ4n) is 2.38. The van der Waals surface area contributed by atoms with Gasteiger partial charge in [0.15, 0.2) is 0 Å². The molecular weight excluding hydrogens is 220 g/mol. The van der Waals surface area contributed by atoms with Crippen LogP contribution in [0.4, 0.5) is 0 Å². The topological polar surface area (TPSA) is 63.6 Å². The van der Waals surface area contributed by atoms with Crippen LogP contribution in [0.25, 0.3) is 0 Å². The smallest absolute Gasteiger partial charge is 0.330 e. The van der Waals surface area contributed by atoms with Gasteiger partial charge in [-0.25, -0.2) is 4.79 Å². The Balaban J connectivity index is 1.84. The fourth-order valence-corrected chi connectivity index (χ4v) is 2.38. The SMILES string of the molecule is CC1(C)C(C=CC(=O)OC2CCC2)C1C(=O)O. The molecule has 0 spiro atoms. The van der Waals surface area contributed by atoms with E-state index >= 15 is 0 Å². The van der Waals surface area contributed by atoms with E-state index in [0.717, 1.165) is 19.3 Å². The summed E-state index contributed by atoms with van der Waals surface area (Å²) >= 11 is 0. The Kier molecular flexibility index (Phi) is 2.98. The zero-order valence-electron chi connectivity index (χ0n) is 10.2. The molecular formula is C13H18O4. The molecule has 2 aliphatic rings. The summed E-state index contributed by atoms with van der Waals surface area (Å²) in [7, 11) is 0. The maximum absolute atomic E-state index is 11.4. The van der Waals surface area contributed by atoms with Crippen LogP contribution in [0.3, 0.4) is 0 Å². The minimum Gasteiger partial charge on any atom is -0.481 e. The zero-order valence-corrected chi connectivity index (χ0v) is 10.2. The quantitative estimate of drug-likeness (QED) is 0.601. The van der Waals surface area contributed by atoms with E-state index < -0.39 is 5.97 Å². The maximum Gasteiger partial charge on any atom is 0.330 e. The van der Waals surface area contributed by atoms with Crippen LogP contribution in [-0.2, 0) is 14.3 Å². The van der Waals surface area contributed by atoms with Crippen molar-refractivity contribution in [3.05, 3.63) is 12.2 Å². The number of ether oxygens (including phenoxy) is 1. The van der Waals surface area contributed by atoms with Gasteiger partial charge in [-0.2, -0.15) is 0 Å². The van der Waals surface area contributed by atoms with E-state index in [4.69, 9.17) is 9.84 Å². The molecule has 2 saturated carbocycles. The lowest BCUT2D eigenvalue weighted by Gasteiger charge is -2.24. The van der Waals surface area contributed by atoms with Crippen molar-refractivity contribution in [1.82, 2.24) is 0 Å². The second-order valence-electron chi connectivity index (χ2n) is 5.51. The second-order valence-corrected chi connectivity index (χ2v) is 5.51. The Morgan fingerprint density at radius 3 is 2.41 bits per heavy atom. The minimum atomic E-state index is -0.794. The monoisotopic (exact) mass is 238 g/mol. The average Bonchev–Trinajstić information content (AvgIpc) is 2.71. The first-order valence-electron chi connectivity index (χ1n) is 6.04. The van der Waals surface area contributed by atoms with E-state index in [1.807, 2.05) is 13.8 Å². The lowest BCUT2D eigenvalue weighted by atomic mass is 9.96. The first kappa shape index (κ1) is 12.1. The van der Waals surface area contributed by atoms with E-state index in [1.165, 1.54) is 6.08 Å². The van der Waals surface area contributed by atoms with Gasteiger partial charge in [-0.15, -0.1) is 0 Å². The maximum atomic E-state index is 11.4. The van der Waals surface area contributed by atoms with Gasteiger partial charge in [-0.05, 0) is 30.6 Å². The Bertz CT molecular complexity index is 366. The fraction of sp³-hybridized carbons (Fsp3) is 0.692. The highest BCUT2D eigenvalue weighted by atomic mass is 16.5. The van der Waals surface area contributed by atoms with Gasteiger partial charge in [0.25, 0.3) is 0 Å². The Morgan fingerprint density at radius 2 is 2.00 bits per heavy atom. The normalized spacial score (nSPS) is 30.9. The van der Waals surface area contributed by atoms with Crippen molar-refractivity contribution in [3.63, 3.8) is 0 Å². The van der Waals surface area contributed by atoms with Crippen molar-refractivity contribution >= 4 is 11.9 Å². The number of carbonyl (C=O) groups excluding carboxylic acids is 1. The molecule has 2 atom stereocenters. The molecule has 2 fully saturated rings. The number of hydrogen-bond donors (Lipinski definition) is 1. The van der Waals surface area contributed by atoms with Crippen LogP contribution in [0.1, 0.15) is 33.1 Å². The highest BCUT2D eigenvalue weighted by Gasteiger charge is 2.60. The molecule has 0 bridgehead atoms. The first-order chi connectivity index (χ1) is 7.93. The summed E-state index contributed by atoms with van der Waals surface area (Å²) in [6.07, 6.45) is 6.17. The van der Waals surface area contributed by atoms with E-state index in [-0.39, 0.29) is 29.3 Å². The molecule has 17 heavy (non-hydrogen) atoms. The number of rotatable bonds is 4. The standard InChI is InChI=1S/C13H18O4/c1-13(2)9(11(13)12(15)16)6-7-10(14)17-8-4-3-5-8/h6-9,11H,3-5H2,1-2H3,(H,15,16).